The van der Waals surface area contributed by atoms with Gasteiger partial charge in [-0.15, -0.1) is 0 Å². The van der Waals surface area contributed by atoms with E-state index < -0.39 is 23.8 Å². The van der Waals surface area contributed by atoms with E-state index in [1.54, 1.807) is 6.92 Å². The molecule has 0 aromatic rings. The topological polar surface area (TPSA) is 61.8 Å². The first-order valence-electron chi connectivity index (χ1n) is 5.26. The van der Waals surface area contributed by atoms with Crippen LogP contribution in [0.2, 0.25) is 0 Å². The first-order valence-corrected chi connectivity index (χ1v) is 5.26. The molecule has 0 aromatic carbocycles. The summed E-state index contributed by atoms with van der Waals surface area (Å²) in [4.78, 5) is 22.9. The minimum absolute atomic E-state index is 0.126. The molecule has 0 spiro atoms. The highest BCUT2D eigenvalue weighted by atomic mass is 16.6. The molecule has 2 atom stereocenters. The molecule has 90 valence electrons. The summed E-state index contributed by atoms with van der Waals surface area (Å²) < 4.78 is 14.8. The molecule has 1 rings (SSSR count). The molecule has 0 aliphatic carbocycles. The zero-order valence-corrected chi connectivity index (χ0v) is 9.52. The Labute approximate surface area is 94.4 Å². The van der Waals surface area contributed by atoms with Crippen molar-refractivity contribution in [2.45, 2.75) is 13.8 Å². The molecule has 5 nitrogen and oxygen atoms in total. The molecule has 2 unspecified atom stereocenters. The number of hydrogen-bond donors (Lipinski definition) is 0. The van der Waals surface area contributed by atoms with Crippen molar-refractivity contribution in [3.05, 3.63) is 12.3 Å². The van der Waals surface area contributed by atoms with Gasteiger partial charge in [0.25, 0.3) is 0 Å². The van der Waals surface area contributed by atoms with E-state index in [-0.39, 0.29) is 13.2 Å². The van der Waals surface area contributed by atoms with Crippen LogP contribution in [0.25, 0.3) is 0 Å². The minimum Gasteiger partial charge on any atom is -0.498 e. The van der Waals surface area contributed by atoms with Crippen molar-refractivity contribution in [1.29, 1.82) is 0 Å². The molecular weight excluding hydrogens is 212 g/mol. The summed E-state index contributed by atoms with van der Waals surface area (Å²) in [7, 11) is 0. The van der Waals surface area contributed by atoms with Crippen molar-refractivity contribution in [3.8, 4) is 0 Å². The lowest BCUT2D eigenvalue weighted by molar-refractivity contribution is -0.156. The van der Waals surface area contributed by atoms with E-state index in [1.807, 2.05) is 6.92 Å². The van der Waals surface area contributed by atoms with Gasteiger partial charge < -0.3 is 14.2 Å². The highest BCUT2D eigenvalue weighted by Gasteiger charge is 2.45. The molecule has 1 saturated heterocycles. The summed E-state index contributed by atoms with van der Waals surface area (Å²) in [5.74, 6) is -2.11. The van der Waals surface area contributed by atoms with E-state index in [9.17, 15) is 9.59 Å². The average molecular weight is 228 g/mol. The second kappa shape index (κ2) is 5.53. The molecule has 16 heavy (non-hydrogen) atoms. The minimum atomic E-state index is -0.931. The van der Waals surface area contributed by atoms with E-state index in [2.05, 4.69) is 6.58 Å². The number of esters is 2. The molecule has 1 aliphatic heterocycles. The molecule has 0 saturated carbocycles. The first kappa shape index (κ1) is 12.5. The number of carbonyl (C=O) groups is 2. The van der Waals surface area contributed by atoms with Gasteiger partial charge in [-0.2, -0.15) is 0 Å². The second-order valence-electron chi connectivity index (χ2n) is 3.37. The maximum atomic E-state index is 11.6. The fraction of sp³-hybridized carbons (Fsp3) is 0.636. The number of ether oxygens (including phenoxy) is 3. The van der Waals surface area contributed by atoms with Crippen molar-refractivity contribution < 1.29 is 23.8 Å². The van der Waals surface area contributed by atoms with Gasteiger partial charge in [0.2, 0.25) is 0 Å². The van der Waals surface area contributed by atoms with Gasteiger partial charge in [-0.1, -0.05) is 6.58 Å². The van der Waals surface area contributed by atoms with Crippen LogP contribution in [0.1, 0.15) is 13.8 Å². The molecule has 0 N–H and O–H groups in total. The van der Waals surface area contributed by atoms with Gasteiger partial charge >= 0.3 is 11.9 Å². The Morgan fingerprint density at radius 3 is 2.62 bits per heavy atom. The van der Waals surface area contributed by atoms with Crippen LogP contribution in [-0.2, 0) is 23.8 Å². The van der Waals surface area contributed by atoms with E-state index >= 15 is 0 Å². The molecule has 0 bridgehead atoms. The zero-order chi connectivity index (χ0) is 12.1. The van der Waals surface area contributed by atoms with E-state index in [4.69, 9.17) is 14.2 Å². The SMILES string of the molecule is C=C(OCC)C1COC(=O)C1C(=O)OCC. The highest BCUT2D eigenvalue weighted by molar-refractivity contribution is 5.96. The van der Waals surface area contributed by atoms with Crippen LogP contribution in [0.5, 0.6) is 0 Å². The predicted molar refractivity (Wildman–Crippen MR) is 55.3 cm³/mol. The summed E-state index contributed by atoms with van der Waals surface area (Å²) in [6, 6.07) is 0. The maximum absolute atomic E-state index is 11.6. The van der Waals surface area contributed by atoms with Crippen LogP contribution in [0.15, 0.2) is 12.3 Å². The van der Waals surface area contributed by atoms with Crippen LogP contribution in [0.3, 0.4) is 0 Å². The Morgan fingerprint density at radius 1 is 1.44 bits per heavy atom. The first-order chi connectivity index (χ1) is 7.61. The largest absolute Gasteiger partial charge is 0.498 e. The highest BCUT2D eigenvalue weighted by Crippen LogP contribution is 2.29. The second-order valence-corrected chi connectivity index (χ2v) is 3.37. The van der Waals surface area contributed by atoms with Gasteiger partial charge in [-0.25, -0.2) is 0 Å². The summed E-state index contributed by atoms with van der Waals surface area (Å²) in [6.07, 6.45) is 0. The third-order valence-electron chi connectivity index (χ3n) is 2.35. The summed E-state index contributed by atoms with van der Waals surface area (Å²) in [6.45, 7) is 7.99. The van der Waals surface area contributed by atoms with Crippen molar-refractivity contribution in [2.24, 2.45) is 11.8 Å². The van der Waals surface area contributed by atoms with E-state index in [1.165, 1.54) is 0 Å². The van der Waals surface area contributed by atoms with E-state index in [0.29, 0.717) is 12.4 Å². The zero-order valence-electron chi connectivity index (χ0n) is 9.52. The van der Waals surface area contributed by atoms with Crippen molar-refractivity contribution in [1.82, 2.24) is 0 Å². The molecule has 5 heteroatoms. The quantitative estimate of drug-likeness (QED) is 0.397. The number of hydrogen-bond acceptors (Lipinski definition) is 5. The molecule has 1 heterocycles. The van der Waals surface area contributed by atoms with Crippen LogP contribution < -0.4 is 0 Å². The Kier molecular flexibility index (Phi) is 4.34. The van der Waals surface area contributed by atoms with Gasteiger partial charge in [-0.3, -0.25) is 9.59 Å². The Morgan fingerprint density at radius 2 is 2.06 bits per heavy atom. The van der Waals surface area contributed by atoms with Gasteiger partial charge in [0.1, 0.15) is 6.61 Å². The normalized spacial score (nSPS) is 23.8. The van der Waals surface area contributed by atoms with Crippen LogP contribution in [0, 0.1) is 11.8 Å². The molecule has 1 fully saturated rings. The molecule has 0 amide bonds. The van der Waals surface area contributed by atoms with E-state index in [0.717, 1.165) is 0 Å². The van der Waals surface area contributed by atoms with Crippen LogP contribution in [0.4, 0.5) is 0 Å². The Hall–Kier alpha value is -1.52. The van der Waals surface area contributed by atoms with Crippen LogP contribution >= 0.6 is 0 Å². The van der Waals surface area contributed by atoms with Crippen molar-refractivity contribution >= 4 is 11.9 Å². The van der Waals surface area contributed by atoms with Gasteiger partial charge in [0, 0.05) is 0 Å². The number of rotatable bonds is 5. The van der Waals surface area contributed by atoms with Gasteiger partial charge in [0.15, 0.2) is 5.92 Å². The van der Waals surface area contributed by atoms with Gasteiger partial charge in [-0.05, 0) is 13.8 Å². The van der Waals surface area contributed by atoms with Crippen molar-refractivity contribution in [3.63, 3.8) is 0 Å². The molecule has 0 aromatic heterocycles. The summed E-state index contributed by atoms with van der Waals surface area (Å²) in [5, 5.41) is 0. The monoisotopic (exact) mass is 228 g/mol. The number of carbonyl (C=O) groups excluding carboxylic acids is 2. The number of cyclic esters (lactones) is 1. The lowest BCUT2D eigenvalue weighted by atomic mass is 9.94. The average Bonchev–Trinajstić information content (AvgIpc) is 2.61. The van der Waals surface area contributed by atoms with Crippen LogP contribution in [-0.4, -0.2) is 31.8 Å². The molecular formula is C11H16O5. The third kappa shape index (κ3) is 2.53. The summed E-state index contributed by atoms with van der Waals surface area (Å²) >= 11 is 0. The molecule has 0 radical (unpaired) electrons. The van der Waals surface area contributed by atoms with Crippen molar-refractivity contribution in [2.75, 3.05) is 19.8 Å². The lowest BCUT2D eigenvalue weighted by Crippen LogP contribution is -2.29. The lowest BCUT2D eigenvalue weighted by Gasteiger charge is -2.16. The third-order valence-corrected chi connectivity index (χ3v) is 2.35. The fourth-order valence-electron chi connectivity index (χ4n) is 1.59. The summed E-state index contributed by atoms with van der Waals surface area (Å²) in [5.41, 5.74) is 0. The predicted octanol–water partition coefficient (Wildman–Crippen LogP) is 0.889. The fourth-order valence-corrected chi connectivity index (χ4v) is 1.59. The maximum Gasteiger partial charge on any atom is 0.321 e. The standard InChI is InChI=1S/C11H16O5/c1-4-14-7(3)8-6-16-11(13)9(8)10(12)15-5-2/h8-9H,3-6H2,1-2H3. The Bertz CT molecular complexity index is 297. The van der Waals surface area contributed by atoms with Gasteiger partial charge in [0.05, 0.1) is 24.9 Å². The molecule has 1 aliphatic rings. The smallest absolute Gasteiger partial charge is 0.321 e. The Balaban J connectivity index is 2.73.